The maximum absolute atomic E-state index is 6.50. The monoisotopic (exact) mass is 412 g/mol. The first-order chi connectivity index (χ1) is 14.2. The number of aromatic nitrogens is 2. The molecular formula is C22H21ClN2O4. The van der Waals surface area contributed by atoms with Crippen LogP contribution in [0.4, 0.5) is 0 Å². The summed E-state index contributed by atoms with van der Waals surface area (Å²) in [4.78, 5) is 0. The Morgan fingerprint density at radius 1 is 0.966 bits per heavy atom. The normalized spacial score (nSPS) is 19.8. The highest BCUT2D eigenvalue weighted by atomic mass is 35.5. The predicted molar refractivity (Wildman–Crippen MR) is 110 cm³/mol. The van der Waals surface area contributed by atoms with Crippen molar-refractivity contribution in [1.29, 1.82) is 0 Å². The summed E-state index contributed by atoms with van der Waals surface area (Å²) in [7, 11) is 1.93. The van der Waals surface area contributed by atoms with Crippen LogP contribution in [0.5, 0.6) is 11.5 Å². The average Bonchev–Trinajstić information content (AvgIpc) is 3.65. The van der Waals surface area contributed by atoms with E-state index in [0.717, 1.165) is 47.2 Å². The number of benzene rings is 2. The quantitative estimate of drug-likeness (QED) is 0.524. The van der Waals surface area contributed by atoms with Crippen molar-refractivity contribution in [3.8, 4) is 34.0 Å². The molecule has 2 aliphatic heterocycles. The van der Waals surface area contributed by atoms with E-state index < -0.39 is 0 Å². The van der Waals surface area contributed by atoms with Crippen molar-refractivity contribution in [1.82, 2.24) is 9.78 Å². The Morgan fingerprint density at radius 2 is 1.59 bits per heavy atom. The van der Waals surface area contributed by atoms with Gasteiger partial charge in [0.05, 0.1) is 29.6 Å². The molecule has 2 unspecified atom stereocenters. The second-order valence-corrected chi connectivity index (χ2v) is 7.64. The highest BCUT2D eigenvalue weighted by Gasteiger charge is 2.24. The van der Waals surface area contributed by atoms with E-state index in [1.54, 1.807) is 0 Å². The molecule has 0 saturated carbocycles. The summed E-state index contributed by atoms with van der Waals surface area (Å²) < 4.78 is 23.6. The van der Waals surface area contributed by atoms with Crippen LogP contribution in [0.1, 0.15) is 0 Å². The zero-order valence-electron chi connectivity index (χ0n) is 16.0. The van der Waals surface area contributed by atoms with Crippen molar-refractivity contribution in [3.63, 3.8) is 0 Å². The van der Waals surface area contributed by atoms with Gasteiger partial charge in [-0.05, 0) is 48.5 Å². The van der Waals surface area contributed by atoms with Gasteiger partial charge in [0.1, 0.15) is 36.9 Å². The minimum absolute atomic E-state index is 0.214. The Labute approximate surface area is 173 Å². The molecule has 0 bridgehead atoms. The van der Waals surface area contributed by atoms with Crippen molar-refractivity contribution >= 4 is 11.6 Å². The maximum atomic E-state index is 6.50. The molecule has 0 spiro atoms. The van der Waals surface area contributed by atoms with Crippen LogP contribution in [-0.4, -0.2) is 48.4 Å². The van der Waals surface area contributed by atoms with E-state index in [9.17, 15) is 0 Å². The zero-order valence-corrected chi connectivity index (χ0v) is 16.8. The molecule has 2 fully saturated rings. The molecule has 0 radical (unpaired) electrons. The van der Waals surface area contributed by atoms with E-state index in [-0.39, 0.29) is 12.2 Å². The lowest BCUT2D eigenvalue weighted by atomic mass is 10.1. The number of epoxide rings is 2. The number of hydrogen-bond donors (Lipinski definition) is 0. The number of ether oxygens (including phenoxy) is 4. The summed E-state index contributed by atoms with van der Waals surface area (Å²) in [5, 5.41) is 5.25. The third-order valence-corrected chi connectivity index (χ3v) is 5.24. The molecule has 2 atom stereocenters. The van der Waals surface area contributed by atoms with E-state index in [1.165, 1.54) is 0 Å². The van der Waals surface area contributed by atoms with E-state index in [0.29, 0.717) is 18.2 Å². The highest BCUT2D eigenvalue weighted by molar-refractivity contribution is 6.33. The number of aryl methyl sites for hydroxylation is 1. The molecule has 0 N–H and O–H groups in total. The van der Waals surface area contributed by atoms with Gasteiger partial charge in [0, 0.05) is 18.2 Å². The molecule has 7 heteroatoms. The molecule has 150 valence electrons. The van der Waals surface area contributed by atoms with Crippen LogP contribution in [0, 0.1) is 0 Å². The van der Waals surface area contributed by atoms with E-state index in [1.807, 2.05) is 60.3 Å². The Kier molecular flexibility index (Phi) is 4.91. The Bertz CT molecular complexity index is 1010. The van der Waals surface area contributed by atoms with Crippen LogP contribution in [0.2, 0.25) is 5.02 Å². The van der Waals surface area contributed by atoms with Crippen molar-refractivity contribution in [2.75, 3.05) is 26.4 Å². The molecule has 2 saturated heterocycles. The second kappa shape index (κ2) is 7.71. The Morgan fingerprint density at radius 3 is 2.21 bits per heavy atom. The molecule has 29 heavy (non-hydrogen) atoms. The smallest absolute Gasteiger partial charge is 0.120 e. The fourth-order valence-electron chi connectivity index (χ4n) is 3.09. The molecule has 2 aromatic carbocycles. The summed E-state index contributed by atoms with van der Waals surface area (Å²) in [5.74, 6) is 1.57. The van der Waals surface area contributed by atoms with Crippen LogP contribution in [-0.2, 0) is 16.5 Å². The third-order valence-electron chi connectivity index (χ3n) is 4.92. The van der Waals surface area contributed by atoms with Crippen molar-refractivity contribution < 1.29 is 18.9 Å². The molecule has 0 aliphatic carbocycles. The molecular weight excluding hydrogens is 392 g/mol. The zero-order chi connectivity index (χ0) is 19.8. The van der Waals surface area contributed by atoms with Crippen molar-refractivity contribution in [2.24, 2.45) is 7.05 Å². The fraction of sp³-hybridized carbons (Fsp3) is 0.318. The van der Waals surface area contributed by atoms with Crippen LogP contribution in [0.15, 0.2) is 48.5 Å². The molecule has 2 aliphatic rings. The van der Waals surface area contributed by atoms with Crippen molar-refractivity contribution in [2.45, 2.75) is 12.2 Å². The highest BCUT2D eigenvalue weighted by Crippen LogP contribution is 2.33. The predicted octanol–water partition coefficient (Wildman–Crippen LogP) is 3.96. The number of rotatable bonds is 8. The van der Waals surface area contributed by atoms with Gasteiger partial charge in [0.25, 0.3) is 0 Å². The number of nitrogens with zero attached hydrogens (tertiary/aromatic N) is 2. The lowest BCUT2D eigenvalue weighted by Crippen LogP contribution is -2.03. The van der Waals surface area contributed by atoms with Gasteiger partial charge in [-0.2, -0.15) is 5.10 Å². The van der Waals surface area contributed by atoms with Crippen LogP contribution in [0.25, 0.3) is 22.5 Å². The molecule has 5 rings (SSSR count). The molecule has 3 heterocycles. The van der Waals surface area contributed by atoms with Gasteiger partial charge < -0.3 is 18.9 Å². The van der Waals surface area contributed by atoms with Gasteiger partial charge in [-0.1, -0.05) is 11.6 Å². The van der Waals surface area contributed by atoms with E-state index >= 15 is 0 Å². The second-order valence-electron chi connectivity index (χ2n) is 7.24. The SMILES string of the molecule is Cn1nc(-c2ccc(OCC3CO3)cc2Cl)cc1-c1ccc(OCC2CO2)cc1. The van der Waals surface area contributed by atoms with Gasteiger partial charge in [-0.25, -0.2) is 0 Å². The summed E-state index contributed by atoms with van der Waals surface area (Å²) in [6.45, 7) is 2.71. The molecule has 1 aromatic heterocycles. The third kappa shape index (κ3) is 4.40. The molecule has 0 amide bonds. The minimum atomic E-state index is 0.214. The largest absolute Gasteiger partial charge is 0.491 e. The van der Waals surface area contributed by atoms with Crippen LogP contribution >= 0.6 is 11.6 Å². The Hall–Kier alpha value is -2.54. The maximum Gasteiger partial charge on any atom is 0.120 e. The summed E-state index contributed by atoms with van der Waals surface area (Å²) in [6.07, 6.45) is 0.462. The first-order valence-corrected chi connectivity index (χ1v) is 9.97. The first kappa shape index (κ1) is 18.5. The first-order valence-electron chi connectivity index (χ1n) is 9.59. The van der Waals surface area contributed by atoms with Gasteiger partial charge in [0.15, 0.2) is 0 Å². The topological polar surface area (TPSA) is 61.3 Å². The summed E-state index contributed by atoms with van der Waals surface area (Å²) >= 11 is 6.50. The van der Waals surface area contributed by atoms with Gasteiger partial charge in [-0.3, -0.25) is 4.68 Å². The standard InChI is InChI=1S/C22H21ClN2O4/c1-25-22(14-2-4-15(5-3-14)26-10-17-12-28-17)9-21(24-25)19-7-6-16(8-20(19)23)27-11-18-13-29-18/h2-9,17-18H,10-13H2,1H3. The van der Waals surface area contributed by atoms with E-state index in [4.69, 9.17) is 30.5 Å². The van der Waals surface area contributed by atoms with Gasteiger partial charge >= 0.3 is 0 Å². The number of hydrogen-bond acceptors (Lipinski definition) is 5. The van der Waals surface area contributed by atoms with Gasteiger partial charge in [-0.15, -0.1) is 0 Å². The minimum Gasteiger partial charge on any atom is -0.491 e. The van der Waals surface area contributed by atoms with E-state index in [2.05, 4.69) is 5.10 Å². The van der Waals surface area contributed by atoms with Gasteiger partial charge in [0.2, 0.25) is 0 Å². The summed E-state index contributed by atoms with van der Waals surface area (Å²) in [5.41, 5.74) is 3.74. The van der Waals surface area contributed by atoms with Crippen molar-refractivity contribution in [3.05, 3.63) is 53.6 Å². The number of halogens is 1. The average molecular weight is 413 g/mol. The Balaban J connectivity index is 1.32. The lowest BCUT2D eigenvalue weighted by Gasteiger charge is -2.06. The summed E-state index contributed by atoms with van der Waals surface area (Å²) in [6, 6.07) is 15.7. The lowest BCUT2D eigenvalue weighted by molar-refractivity contribution is 0.263. The van der Waals surface area contributed by atoms with Crippen LogP contribution < -0.4 is 9.47 Å². The molecule has 3 aromatic rings. The molecule has 6 nitrogen and oxygen atoms in total. The fourth-order valence-corrected chi connectivity index (χ4v) is 3.36. The van der Waals surface area contributed by atoms with Crippen LogP contribution in [0.3, 0.4) is 0 Å².